The number of ketones is 1. The van der Waals surface area contributed by atoms with Crippen molar-refractivity contribution in [3.8, 4) is 0 Å². The molecular weight excluding hydrogens is 316 g/mol. The highest BCUT2D eigenvalue weighted by atomic mass is 16.5. The van der Waals surface area contributed by atoms with E-state index in [-0.39, 0.29) is 11.7 Å². The lowest BCUT2D eigenvalue weighted by atomic mass is 9.90. The number of ether oxygens (including phenoxy) is 1. The molecule has 5 nitrogen and oxygen atoms in total. The normalized spacial score (nSPS) is 19.8. The van der Waals surface area contributed by atoms with Crippen LogP contribution in [0.4, 0.5) is 0 Å². The van der Waals surface area contributed by atoms with E-state index in [1.807, 2.05) is 24.0 Å². The Balaban J connectivity index is 1.71. The van der Waals surface area contributed by atoms with Gasteiger partial charge in [-0.15, -0.1) is 0 Å². The first kappa shape index (κ1) is 18.1. The first-order valence-corrected chi connectivity index (χ1v) is 9.24. The summed E-state index contributed by atoms with van der Waals surface area (Å²) in [4.78, 5) is 29.6. The van der Waals surface area contributed by atoms with Crippen molar-refractivity contribution in [3.05, 3.63) is 34.9 Å². The van der Waals surface area contributed by atoms with Crippen LogP contribution in [0.5, 0.6) is 0 Å². The van der Waals surface area contributed by atoms with Gasteiger partial charge in [-0.2, -0.15) is 0 Å². The molecule has 2 fully saturated rings. The summed E-state index contributed by atoms with van der Waals surface area (Å²) in [6, 6.07) is 5.55. The summed E-state index contributed by atoms with van der Waals surface area (Å²) in [6.07, 6.45) is 2.45. The Morgan fingerprint density at radius 2 is 1.80 bits per heavy atom. The number of rotatable bonds is 4. The summed E-state index contributed by atoms with van der Waals surface area (Å²) >= 11 is 0. The average Bonchev–Trinajstić information content (AvgIpc) is 2.63. The van der Waals surface area contributed by atoms with Crippen LogP contribution in [0.2, 0.25) is 0 Å². The van der Waals surface area contributed by atoms with E-state index in [1.165, 1.54) is 0 Å². The van der Waals surface area contributed by atoms with Crippen LogP contribution in [0, 0.1) is 12.8 Å². The molecule has 1 amide bonds. The van der Waals surface area contributed by atoms with Crippen LogP contribution >= 0.6 is 0 Å². The van der Waals surface area contributed by atoms with Gasteiger partial charge in [-0.3, -0.25) is 9.59 Å². The topological polar surface area (TPSA) is 49.9 Å². The van der Waals surface area contributed by atoms with E-state index >= 15 is 0 Å². The van der Waals surface area contributed by atoms with E-state index in [9.17, 15) is 9.59 Å². The highest BCUT2D eigenvalue weighted by Gasteiger charge is 2.23. The number of benzene rings is 1. The second-order valence-corrected chi connectivity index (χ2v) is 7.31. The van der Waals surface area contributed by atoms with Crippen molar-refractivity contribution in [1.82, 2.24) is 9.80 Å². The minimum Gasteiger partial charge on any atom is -0.381 e. The van der Waals surface area contributed by atoms with Crippen LogP contribution in [-0.2, 0) is 4.74 Å². The molecule has 2 saturated heterocycles. The number of hydrogen-bond donors (Lipinski definition) is 0. The lowest BCUT2D eigenvalue weighted by molar-refractivity contribution is 0.0601. The third kappa shape index (κ3) is 4.47. The Morgan fingerprint density at radius 1 is 1.12 bits per heavy atom. The number of carbonyl (C=O) groups excluding carboxylic acids is 2. The van der Waals surface area contributed by atoms with Crippen molar-refractivity contribution in [3.63, 3.8) is 0 Å². The number of aryl methyl sites for hydroxylation is 1. The molecule has 0 aliphatic carbocycles. The molecule has 1 aromatic rings. The summed E-state index contributed by atoms with van der Waals surface area (Å²) in [6.45, 7) is 6.72. The molecule has 1 aromatic carbocycles. The standard InChI is InChI=1S/C20H28N2O3/c1-15-3-4-17(20(24)22-9-7-21(2)8-10-22)14-18(15)19(23)13-16-5-11-25-12-6-16/h3-4,14,16H,5-13H2,1-2H3. The van der Waals surface area contributed by atoms with Crippen LogP contribution in [0.15, 0.2) is 18.2 Å². The number of amides is 1. The maximum absolute atomic E-state index is 12.8. The zero-order chi connectivity index (χ0) is 17.8. The van der Waals surface area contributed by atoms with Crippen LogP contribution in [0.3, 0.4) is 0 Å². The first-order chi connectivity index (χ1) is 12.0. The lowest BCUT2D eigenvalue weighted by Gasteiger charge is -2.32. The molecule has 136 valence electrons. The number of Topliss-reactive ketones (excluding diaryl/α,β-unsaturated/α-hetero) is 1. The molecule has 2 aliphatic rings. The maximum Gasteiger partial charge on any atom is 0.253 e. The van der Waals surface area contributed by atoms with E-state index in [2.05, 4.69) is 11.9 Å². The molecule has 2 aliphatic heterocycles. The quantitative estimate of drug-likeness (QED) is 0.787. The Hall–Kier alpha value is -1.72. The lowest BCUT2D eigenvalue weighted by Crippen LogP contribution is -2.47. The van der Waals surface area contributed by atoms with E-state index in [0.29, 0.717) is 23.5 Å². The molecule has 0 bridgehead atoms. The van der Waals surface area contributed by atoms with Gasteiger partial charge in [0.25, 0.3) is 5.91 Å². The molecule has 2 heterocycles. The van der Waals surface area contributed by atoms with Gasteiger partial charge in [-0.25, -0.2) is 0 Å². The predicted molar refractivity (Wildman–Crippen MR) is 97.1 cm³/mol. The van der Waals surface area contributed by atoms with Crippen molar-refractivity contribution in [2.75, 3.05) is 46.4 Å². The van der Waals surface area contributed by atoms with Crippen molar-refractivity contribution >= 4 is 11.7 Å². The average molecular weight is 344 g/mol. The fourth-order valence-electron chi connectivity index (χ4n) is 3.57. The molecule has 0 saturated carbocycles. The van der Waals surface area contributed by atoms with Crippen LogP contribution < -0.4 is 0 Å². The number of hydrogen-bond acceptors (Lipinski definition) is 4. The number of carbonyl (C=O) groups is 2. The minimum atomic E-state index is 0.0354. The van der Waals surface area contributed by atoms with Gasteiger partial charge in [0.2, 0.25) is 0 Å². The fraction of sp³-hybridized carbons (Fsp3) is 0.600. The number of piperazine rings is 1. The summed E-state index contributed by atoms with van der Waals surface area (Å²) in [7, 11) is 2.07. The van der Waals surface area contributed by atoms with E-state index < -0.39 is 0 Å². The Kier molecular flexibility index (Phi) is 5.86. The molecule has 5 heteroatoms. The molecule has 0 unspecified atom stereocenters. The molecule has 0 spiro atoms. The van der Waals surface area contributed by atoms with Crippen molar-refractivity contribution in [2.45, 2.75) is 26.2 Å². The van der Waals surface area contributed by atoms with Crippen LogP contribution in [0.1, 0.15) is 45.5 Å². The van der Waals surface area contributed by atoms with Gasteiger partial charge in [0.05, 0.1) is 0 Å². The van der Waals surface area contributed by atoms with Gasteiger partial charge in [0.15, 0.2) is 5.78 Å². The highest BCUT2D eigenvalue weighted by molar-refractivity contribution is 6.01. The van der Waals surface area contributed by atoms with Crippen molar-refractivity contribution in [1.29, 1.82) is 0 Å². The van der Waals surface area contributed by atoms with E-state index in [4.69, 9.17) is 4.74 Å². The van der Waals surface area contributed by atoms with Crippen LogP contribution in [0.25, 0.3) is 0 Å². The molecule has 25 heavy (non-hydrogen) atoms. The first-order valence-electron chi connectivity index (χ1n) is 9.24. The predicted octanol–water partition coefficient (Wildman–Crippen LogP) is 2.38. The zero-order valence-electron chi connectivity index (χ0n) is 15.3. The highest BCUT2D eigenvalue weighted by Crippen LogP contribution is 2.23. The Bertz CT molecular complexity index is 630. The van der Waals surface area contributed by atoms with Gasteiger partial charge in [0.1, 0.15) is 0 Å². The van der Waals surface area contributed by atoms with Gasteiger partial charge >= 0.3 is 0 Å². The number of nitrogens with zero attached hydrogens (tertiary/aromatic N) is 2. The third-order valence-electron chi connectivity index (χ3n) is 5.39. The summed E-state index contributed by atoms with van der Waals surface area (Å²) in [5.41, 5.74) is 2.28. The van der Waals surface area contributed by atoms with Crippen molar-refractivity contribution in [2.24, 2.45) is 5.92 Å². The van der Waals surface area contributed by atoms with Gasteiger partial charge in [-0.1, -0.05) is 6.07 Å². The SMILES string of the molecule is Cc1ccc(C(=O)N2CCN(C)CC2)cc1C(=O)CC1CCOCC1. The fourth-order valence-corrected chi connectivity index (χ4v) is 3.57. The van der Waals surface area contributed by atoms with Crippen molar-refractivity contribution < 1.29 is 14.3 Å². The van der Waals surface area contributed by atoms with Gasteiger partial charge in [0, 0.05) is 56.9 Å². The largest absolute Gasteiger partial charge is 0.381 e. The second kappa shape index (κ2) is 8.11. The molecule has 0 N–H and O–H groups in total. The molecular formula is C20H28N2O3. The molecule has 0 radical (unpaired) electrons. The Labute approximate surface area is 149 Å². The summed E-state index contributed by atoms with van der Waals surface area (Å²) in [5, 5.41) is 0. The number of likely N-dealkylation sites (N-methyl/N-ethyl adjacent to an activating group) is 1. The second-order valence-electron chi connectivity index (χ2n) is 7.31. The Morgan fingerprint density at radius 3 is 2.48 bits per heavy atom. The summed E-state index contributed by atoms with van der Waals surface area (Å²) < 4.78 is 5.37. The van der Waals surface area contributed by atoms with Gasteiger partial charge in [-0.05, 0) is 50.4 Å². The van der Waals surface area contributed by atoms with E-state index in [1.54, 1.807) is 6.07 Å². The van der Waals surface area contributed by atoms with Gasteiger partial charge < -0.3 is 14.5 Å². The van der Waals surface area contributed by atoms with E-state index in [0.717, 1.165) is 57.8 Å². The van der Waals surface area contributed by atoms with Crippen LogP contribution in [-0.4, -0.2) is 67.9 Å². The minimum absolute atomic E-state index is 0.0354. The monoisotopic (exact) mass is 344 g/mol. The smallest absolute Gasteiger partial charge is 0.253 e. The third-order valence-corrected chi connectivity index (χ3v) is 5.39. The summed E-state index contributed by atoms with van der Waals surface area (Å²) in [5.74, 6) is 0.586. The molecule has 3 rings (SSSR count). The molecule has 0 atom stereocenters. The molecule has 0 aromatic heterocycles. The zero-order valence-corrected chi connectivity index (χ0v) is 15.3. The maximum atomic E-state index is 12.8.